The van der Waals surface area contributed by atoms with Crippen molar-refractivity contribution in [3.63, 3.8) is 0 Å². The molecule has 1 aromatic rings. The van der Waals surface area contributed by atoms with Gasteiger partial charge in [0.25, 0.3) is 0 Å². The molecule has 1 atom stereocenters. The molecule has 0 amide bonds. The van der Waals surface area contributed by atoms with Crippen LogP contribution in [0.3, 0.4) is 0 Å². The fourth-order valence-corrected chi connectivity index (χ4v) is 1.48. The van der Waals surface area contributed by atoms with Gasteiger partial charge in [-0.25, -0.2) is 4.79 Å². The summed E-state index contributed by atoms with van der Waals surface area (Å²) in [6, 6.07) is 0.419. The van der Waals surface area contributed by atoms with Crippen LogP contribution in [0.5, 0.6) is 0 Å². The molecule has 1 saturated carbocycles. The van der Waals surface area contributed by atoms with E-state index in [1.807, 2.05) is 6.20 Å². The molecule has 0 aromatic carbocycles. The monoisotopic (exact) mass is 182 g/mol. The number of aliphatic hydroxyl groups excluding tert-OH is 1. The summed E-state index contributed by atoms with van der Waals surface area (Å²) in [5.74, 6) is 0. The molecule has 0 bridgehead atoms. The maximum atomic E-state index is 11.6. The zero-order valence-corrected chi connectivity index (χ0v) is 7.68. The average Bonchev–Trinajstić information content (AvgIpc) is 2.81. The van der Waals surface area contributed by atoms with Crippen molar-refractivity contribution in [1.29, 1.82) is 0 Å². The number of nitrogens with zero attached hydrogens (tertiary/aromatic N) is 2. The minimum atomic E-state index is -0.465. The van der Waals surface area contributed by atoms with E-state index in [0.29, 0.717) is 12.6 Å². The van der Waals surface area contributed by atoms with Crippen molar-refractivity contribution in [2.45, 2.75) is 38.5 Å². The van der Waals surface area contributed by atoms with E-state index in [1.165, 1.54) is 0 Å². The molecule has 0 radical (unpaired) electrons. The average molecular weight is 182 g/mol. The van der Waals surface area contributed by atoms with Gasteiger partial charge in [0.15, 0.2) is 0 Å². The van der Waals surface area contributed by atoms with E-state index in [9.17, 15) is 4.79 Å². The molecule has 1 aliphatic carbocycles. The normalized spacial score (nSPS) is 18.9. The Hall–Kier alpha value is -1.03. The first-order valence-corrected chi connectivity index (χ1v) is 4.64. The Morgan fingerprint density at radius 2 is 2.31 bits per heavy atom. The zero-order valence-electron chi connectivity index (χ0n) is 7.68. The van der Waals surface area contributed by atoms with Crippen LogP contribution in [0.15, 0.2) is 17.2 Å². The molecule has 1 unspecified atom stereocenters. The van der Waals surface area contributed by atoms with Crippen LogP contribution in [0.25, 0.3) is 0 Å². The molecule has 1 heterocycles. The molecule has 1 fully saturated rings. The highest BCUT2D eigenvalue weighted by atomic mass is 16.3. The molecular weight excluding hydrogens is 168 g/mol. The minimum absolute atomic E-state index is 0.00315. The molecule has 1 aromatic heterocycles. The van der Waals surface area contributed by atoms with Gasteiger partial charge < -0.3 is 5.11 Å². The summed E-state index contributed by atoms with van der Waals surface area (Å²) >= 11 is 0. The lowest BCUT2D eigenvalue weighted by atomic mass is 10.4. The molecule has 0 spiro atoms. The fraction of sp³-hybridized carbons (Fsp3) is 0.667. The van der Waals surface area contributed by atoms with Crippen LogP contribution >= 0.6 is 0 Å². The van der Waals surface area contributed by atoms with Gasteiger partial charge in [0, 0.05) is 18.4 Å². The Labute approximate surface area is 76.4 Å². The molecule has 2 rings (SSSR count). The Kier molecular flexibility index (Phi) is 2.00. The van der Waals surface area contributed by atoms with Crippen molar-refractivity contribution < 1.29 is 5.11 Å². The number of imidazole rings is 1. The Bertz CT molecular complexity index is 347. The van der Waals surface area contributed by atoms with E-state index in [1.54, 1.807) is 22.3 Å². The van der Waals surface area contributed by atoms with Gasteiger partial charge in [0.1, 0.15) is 0 Å². The van der Waals surface area contributed by atoms with Gasteiger partial charge in [-0.05, 0) is 19.8 Å². The maximum absolute atomic E-state index is 11.6. The molecule has 0 aliphatic heterocycles. The van der Waals surface area contributed by atoms with Crippen molar-refractivity contribution in [2.24, 2.45) is 0 Å². The molecule has 4 nitrogen and oxygen atoms in total. The van der Waals surface area contributed by atoms with Crippen molar-refractivity contribution in [2.75, 3.05) is 0 Å². The number of aliphatic hydroxyl groups is 1. The summed E-state index contributed by atoms with van der Waals surface area (Å²) < 4.78 is 3.31. The summed E-state index contributed by atoms with van der Waals surface area (Å²) in [4.78, 5) is 11.6. The highest BCUT2D eigenvalue weighted by Crippen LogP contribution is 2.33. The van der Waals surface area contributed by atoms with Crippen LogP contribution in [0.2, 0.25) is 0 Å². The van der Waals surface area contributed by atoms with Crippen LogP contribution in [0.1, 0.15) is 25.8 Å². The molecule has 1 N–H and O–H groups in total. The first-order valence-electron chi connectivity index (χ1n) is 4.64. The van der Waals surface area contributed by atoms with Gasteiger partial charge in [0.05, 0.1) is 12.6 Å². The first-order chi connectivity index (χ1) is 6.18. The van der Waals surface area contributed by atoms with Gasteiger partial charge >= 0.3 is 5.69 Å². The summed E-state index contributed by atoms with van der Waals surface area (Å²) in [5.41, 5.74) is 0.00315. The predicted molar refractivity (Wildman–Crippen MR) is 48.6 cm³/mol. The van der Waals surface area contributed by atoms with E-state index in [0.717, 1.165) is 12.8 Å². The molecule has 13 heavy (non-hydrogen) atoms. The molecule has 4 heteroatoms. The predicted octanol–water partition coefficient (Wildman–Crippen LogP) is 0.365. The minimum Gasteiger partial charge on any atom is -0.392 e. The number of rotatable bonds is 3. The second-order valence-corrected chi connectivity index (χ2v) is 3.72. The van der Waals surface area contributed by atoms with Gasteiger partial charge in [0.2, 0.25) is 0 Å². The van der Waals surface area contributed by atoms with Crippen LogP contribution < -0.4 is 5.69 Å². The third kappa shape index (κ3) is 1.67. The van der Waals surface area contributed by atoms with Crippen molar-refractivity contribution in [1.82, 2.24) is 9.13 Å². The van der Waals surface area contributed by atoms with E-state index >= 15 is 0 Å². The summed E-state index contributed by atoms with van der Waals surface area (Å²) in [6.07, 6.45) is 5.31. The molecule has 72 valence electrons. The summed E-state index contributed by atoms with van der Waals surface area (Å²) in [5, 5.41) is 9.12. The molecule has 0 saturated heterocycles. The Balaban J connectivity index is 2.22. The smallest absolute Gasteiger partial charge is 0.328 e. The second-order valence-electron chi connectivity index (χ2n) is 3.72. The van der Waals surface area contributed by atoms with Crippen molar-refractivity contribution in [3.05, 3.63) is 22.9 Å². The van der Waals surface area contributed by atoms with Gasteiger partial charge in [-0.3, -0.25) is 9.13 Å². The lowest BCUT2D eigenvalue weighted by Crippen LogP contribution is -2.26. The van der Waals surface area contributed by atoms with E-state index in [2.05, 4.69) is 0 Å². The largest absolute Gasteiger partial charge is 0.392 e. The fourth-order valence-electron chi connectivity index (χ4n) is 1.48. The second kappa shape index (κ2) is 3.03. The first kappa shape index (κ1) is 8.56. The lowest BCUT2D eigenvalue weighted by Gasteiger charge is -2.03. The highest BCUT2D eigenvalue weighted by Gasteiger charge is 2.25. The summed E-state index contributed by atoms with van der Waals surface area (Å²) in [6.45, 7) is 2.07. The van der Waals surface area contributed by atoms with Gasteiger partial charge in [-0.2, -0.15) is 0 Å². The van der Waals surface area contributed by atoms with Crippen LogP contribution in [-0.4, -0.2) is 20.3 Å². The van der Waals surface area contributed by atoms with Crippen LogP contribution in [0.4, 0.5) is 0 Å². The Morgan fingerprint density at radius 3 is 2.85 bits per heavy atom. The zero-order chi connectivity index (χ0) is 9.42. The molecule has 1 aliphatic rings. The van der Waals surface area contributed by atoms with Crippen molar-refractivity contribution in [3.8, 4) is 0 Å². The molecular formula is C9H14N2O2. The van der Waals surface area contributed by atoms with Gasteiger partial charge in [-0.1, -0.05) is 0 Å². The van der Waals surface area contributed by atoms with Gasteiger partial charge in [-0.15, -0.1) is 0 Å². The number of hydrogen-bond acceptors (Lipinski definition) is 2. The third-order valence-electron chi connectivity index (χ3n) is 2.27. The maximum Gasteiger partial charge on any atom is 0.328 e. The van der Waals surface area contributed by atoms with Crippen LogP contribution in [0, 0.1) is 0 Å². The summed E-state index contributed by atoms with van der Waals surface area (Å²) in [7, 11) is 0. The van der Waals surface area contributed by atoms with E-state index in [4.69, 9.17) is 5.11 Å². The van der Waals surface area contributed by atoms with Crippen molar-refractivity contribution >= 4 is 0 Å². The Morgan fingerprint density at radius 1 is 1.62 bits per heavy atom. The van der Waals surface area contributed by atoms with E-state index < -0.39 is 6.10 Å². The quantitative estimate of drug-likeness (QED) is 0.734. The lowest BCUT2D eigenvalue weighted by molar-refractivity contribution is 0.172. The topological polar surface area (TPSA) is 47.2 Å². The number of hydrogen-bond donors (Lipinski definition) is 1. The number of aromatic nitrogens is 2. The van der Waals surface area contributed by atoms with E-state index in [-0.39, 0.29) is 5.69 Å². The third-order valence-corrected chi connectivity index (χ3v) is 2.27. The van der Waals surface area contributed by atoms with Crippen LogP contribution in [-0.2, 0) is 6.54 Å². The standard InChI is InChI=1S/C9H14N2O2/c1-7(12)6-10-4-5-11(9(10)13)8-2-3-8/h4-5,7-8,12H,2-3,6H2,1H3. The highest BCUT2D eigenvalue weighted by molar-refractivity contribution is 4.91. The SMILES string of the molecule is CC(O)Cn1ccn(C2CC2)c1=O.